The van der Waals surface area contributed by atoms with Crippen LogP contribution < -0.4 is 0 Å². The second-order valence-corrected chi connectivity index (χ2v) is 3.95. The van der Waals surface area contributed by atoms with Crippen molar-refractivity contribution in [2.24, 2.45) is 11.8 Å². The zero-order valence-corrected chi connectivity index (χ0v) is 8.82. The lowest BCUT2D eigenvalue weighted by Gasteiger charge is -2.10. The van der Waals surface area contributed by atoms with Crippen LogP contribution >= 0.6 is 0 Å². The minimum atomic E-state index is -0.418. The van der Waals surface area contributed by atoms with Gasteiger partial charge in [0.05, 0.1) is 18.8 Å². The number of nitriles is 1. The van der Waals surface area contributed by atoms with E-state index in [1.165, 1.54) is 0 Å². The number of carbonyl (C=O) groups excluding carboxylic acids is 1. The Hall–Kier alpha value is -0.880. The van der Waals surface area contributed by atoms with Gasteiger partial charge in [0.2, 0.25) is 0 Å². The number of rotatable bonds is 4. The third kappa shape index (κ3) is 2.55. The fraction of sp³-hybridized carbons (Fsp3) is 0.818. The first-order chi connectivity index (χ1) is 6.69. The molecule has 0 radical (unpaired) electrons. The predicted octanol–water partition coefficient (Wildman–Crippen LogP) is 1.92. The molecule has 0 bridgehead atoms. The van der Waals surface area contributed by atoms with Crippen LogP contribution in [-0.4, -0.2) is 18.5 Å². The van der Waals surface area contributed by atoms with Crippen LogP contribution in [0, 0.1) is 23.2 Å². The summed E-state index contributed by atoms with van der Waals surface area (Å²) >= 11 is 0. The van der Waals surface area contributed by atoms with Crippen molar-refractivity contribution in [2.75, 3.05) is 6.61 Å². The highest BCUT2D eigenvalue weighted by Crippen LogP contribution is 2.24. The second kappa shape index (κ2) is 5.11. The Balaban J connectivity index is 2.51. The van der Waals surface area contributed by atoms with E-state index < -0.39 is 5.92 Å². The van der Waals surface area contributed by atoms with E-state index in [1.807, 2.05) is 13.8 Å². The highest BCUT2D eigenvalue weighted by atomic mass is 16.5. The normalized spacial score (nSPS) is 28.4. The van der Waals surface area contributed by atoms with Gasteiger partial charge in [0.1, 0.15) is 5.92 Å². The SMILES string of the molecule is CCCC(C#N)C(=O)C1COC(C)C1. The molecule has 1 fully saturated rings. The average Bonchev–Trinajstić information content (AvgIpc) is 2.60. The molecule has 78 valence electrons. The monoisotopic (exact) mass is 195 g/mol. The standard InChI is InChI=1S/C11H17NO2/c1-3-4-9(6-12)11(13)10-5-8(2)14-7-10/h8-10H,3-5,7H2,1-2H3. The molecule has 1 saturated heterocycles. The molecule has 1 rings (SSSR count). The molecule has 0 amide bonds. The molecular weight excluding hydrogens is 178 g/mol. The summed E-state index contributed by atoms with van der Waals surface area (Å²) in [6, 6.07) is 2.09. The Morgan fingerprint density at radius 1 is 1.71 bits per heavy atom. The van der Waals surface area contributed by atoms with Crippen LogP contribution in [0.5, 0.6) is 0 Å². The Bertz CT molecular complexity index is 244. The van der Waals surface area contributed by atoms with Gasteiger partial charge in [0, 0.05) is 5.92 Å². The van der Waals surface area contributed by atoms with Crippen LogP contribution in [-0.2, 0) is 9.53 Å². The maximum atomic E-state index is 11.8. The first kappa shape index (κ1) is 11.2. The molecule has 0 aliphatic carbocycles. The number of Topliss-reactive ketones (excluding diaryl/α,β-unsaturated/α-hetero) is 1. The molecule has 1 aliphatic heterocycles. The lowest BCUT2D eigenvalue weighted by Crippen LogP contribution is -2.23. The fourth-order valence-corrected chi connectivity index (χ4v) is 1.86. The summed E-state index contributed by atoms with van der Waals surface area (Å²) in [5.41, 5.74) is 0. The zero-order valence-electron chi connectivity index (χ0n) is 8.82. The Labute approximate surface area is 85.1 Å². The minimum Gasteiger partial charge on any atom is -0.378 e. The highest BCUT2D eigenvalue weighted by Gasteiger charge is 2.32. The highest BCUT2D eigenvalue weighted by molar-refractivity contribution is 5.85. The van der Waals surface area contributed by atoms with Crippen LogP contribution in [0.2, 0.25) is 0 Å². The molecule has 1 heterocycles. The lowest BCUT2D eigenvalue weighted by molar-refractivity contribution is -0.125. The molecule has 1 aliphatic rings. The van der Waals surface area contributed by atoms with Gasteiger partial charge in [-0.25, -0.2) is 0 Å². The molecule has 3 atom stereocenters. The molecule has 0 aromatic heterocycles. The smallest absolute Gasteiger partial charge is 0.155 e. The number of hydrogen-bond acceptors (Lipinski definition) is 3. The molecule has 3 nitrogen and oxygen atoms in total. The Morgan fingerprint density at radius 2 is 2.43 bits per heavy atom. The van der Waals surface area contributed by atoms with E-state index in [2.05, 4.69) is 6.07 Å². The van der Waals surface area contributed by atoms with Gasteiger partial charge in [-0.05, 0) is 19.8 Å². The molecule has 3 heteroatoms. The summed E-state index contributed by atoms with van der Waals surface area (Å²) < 4.78 is 5.33. The molecule has 0 aromatic rings. The van der Waals surface area contributed by atoms with Gasteiger partial charge < -0.3 is 4.74 Å². The lowest BCUT2D eigenvalue weighted by atomic mass is 9.89. The van der Waals surface area contributed by atoms with E-state index in [0.29, 0.717) is 13.0 Å². The third-order valence-corrected chi connectivity index (χ3v) is 2.68. The molecular formula is C11H17NO2. The first-order valence-electron chi connectivity index (χ1n) is 5.24. The molecule has 0 aromatic carbocycles. The van der Waals surface area contributed by atoms with Gasteiger partial charge in [-0.3, -0.25) is 4.79 Å². The average molecular weight is 195 g/mol. The van der Waals surface area contributed by atoms with E-state index in [1.54, 1.807) is 0 Å². The van der Waals surface area contributed by atoms with Crippen molar-refractivity contribution in [1.29, 1.82) is 5.26 Å². The van der Waals surface area contributed by atoms with E-state index in [4.69, 9.17) is 10.00 Å². The molecule has 0 N–H and O–H groups in total. The first-order valence-corrected chi connectivity index (χ1v) is 5.24. The van der Waals surface area contributed by atoms with Gasteiger partial charge in [-0.1, -0.05) is 13.3 Å². The Morgan fingerprint density at radius 3 is 2.86 bits per heavy atom. The predicted molar refractivity (Wildman–Crippen MR) is 52.5 cm³/mol. The summed E-state index contributed by atoms with van der Waals surface area (Å²) in [6.07, 6.45) is 2.51. The van der Waals surface area contributed by atoms with Gasteiger partial charge in [0.25, 0.3) is 0 Å². The third-order valence-electron chi connectivity index (χ3n) is 2.68. The Kier molecular flexibility index (Phi) is 4.09. The minimum absolute atomic E-state index is 0.0406. The maximum Gasteiger partial charge on any atom is 0.155 e. The van der Waals surface area contributed by atoms with E-state index in [0.717, 1.165) is 12.8 Å². The van der Waals surface area contributed by atoms with E-state index in [9.17, 15) is 4.79 Å². The number of ketones is 1. The number of carbonyl (C=O) groups is 1. The van der Waals surface area contributed by atoms with Crippen molar-refractivity contribution in [1.82, 2.24) is 0 Å². The number of hydrogen-bond donors (Lipinski definition) is 0. The van der Waals surface area contributed by atoms with E-state index in [-0.39, 0.29) is 17.8 Å². The van der Waals surface area contributed by atoms with Crippen molar-refractivity contribution in [3.05, 3.63) is 0 Å². The quantitative estimate of drug-likeness (QED) is 0.688. The van der Waals surface area contributed by atoms with Gasteiger partial charge in [-0.2, -0.15) is 5.26 Å². The van der Waals surface area contributed by atoms with Crippen LogP contribution in [0.4, 0.5) is 0 Å². The van der Waals surface area contributed by atoms with Crippen molar-refractivity contribution < 1.29 is 9.53 Å². The summed E-state index contributed by atoms with van der Waals surface area (Å²) in [5.74, 6) is -0.376. The van der Waals surface area contributed by atoms with Crippen LogP contribution in [0.25, 0.3) is 0 Å². The summed E-state index contributed by atoms with van der Waals surface area (Å²) in [6.45, 7) is 4.46. The molecule has 0 spiro atoms. The second-order valence-electron chi connectivity index (χ2n) is 3.95. The van der Waals surface area contributed by atoms with Crippen molar-refractivity contribution in [2.45, 2.75) is 39.2 Å². The topological polar surface area (TPSA) is 50.1 Å². The fourth-order valence-electron chi connectivity index (χ4n) is 1.86. The summed E-state index contributed by atoms with van der Waals surface area (Å²) in [7, 11) is 0. The summed E-state index contributed by atoms with van der Waals surface area (Å²) in [5, 5.41) is 8.84. The van der Waals surface area contributed by atoms with Crippen LogP contribution in [0.1, 0.15) is 33.1 Å². The van der Waals surface area contributed by atoms with Crippen molar-refractivity contribution in [3.8, 4) is 6.07 Å². The number of ether oxygens (including phenoxy) is 1. The van der Waals surface area contributed by atoms with Crippen LogP contribution in [0.3, 0.4) is 0 Å². The van der Waals surface area contributed by atoms with Crippen molar-refractivity contribution >= 4 is 5.78 Å². The van der Waals surface area contributed by atoms with E-state index >= 15 is 0 Å². The zero-order chi connectivity index (χ0) is 10.6. The molecule has 0 saturated carbocycles. The maximum absolute atomic E-state index is 11.8. The molecule has 14 heavy (non-hydrogen) atoms. The number of nitrogens with zero attached hydrogens (tertiary/aromatic N) is 1. The largest absolute Gasteiger partial charge is 0.378 e. The van der Waals surface area contributed by atoms with Gasteiger partial charge in [-0.15, -0.1) is 0 Å². The van der Waals surface area contributed by atoms with Gasteiger partial charge in [0.15, 0.2) is 5.78 Å². The van der Waals surface area contributed by atoms with Crippen molar-refractivity contribution in [3.63, 3.8) is 0 Å². The van der Waals surface area contributed by atoms with Gasteiger partial charge >= 0.3 is 0 Å². The van der Waals surface area contributed by atoms with Crippen LogP contribution in [0.15, 0.2) is 0 Å². The molecule has 3 unspecified atom stereocenters. The summed E-state index contributed by atoms with van der Waals surface area (Å²) in [4.78, 5) is 11.8.